The van der Waals surface area contributed by atoms with Gasteiger partial charge < -0.3 is 9.47 Å². The highest BCUT2D eigenvalue weighted by Crippen LogP contribution is 2.22. The van der Waals surface area contributed by atoms with E-state index in [1.807, 2.05) is 13.1 Å². The number of rotatable bonds is 2. The van der Waals surface area contributed by atoms with Crippen LogP contribution in [0.15, 0.2) is 18.3 Å². The minimum Gasteiger partial charge on any atom is -0.347 e. The molecule has 1 aliphatic rings. The second kappa shape index (κ2) is 4.64. The van der Waals surface area contributed by atoms with Gasteiger partial charge in [0, 0.05) is 19.3 Å². The molecule has 2 aromatic rings. The number of fused-ring (bicyclic) bond motifs is 1. The fourth-order valence-electron chi connectivity index (χ4n) is 2.46. The first-order valence-corrected chi connectivity index (χ1v) is 6.74. The van der Waals surface area contributed by atoms with E-state index < -0.39 is 0 Å². The molecule has 5 nitrogen and oxygen atoms in total. The molecule has 3 heterocycles. The molecule has 0 radical (unpaired) electrons. The van der Waals surface area contributed by atoms with Crippen LogP contribution in [0.3, 0.4) is 0 Å². The lowest BCUT2D eigenvalue weighted by molar-refractivity contribution is 0.547. The normalized spacial score (nSPS) is 14.8. The topological polar surface area (TPSA) is 46.8 Å². The van der Waals surface area contributed by atoms with Crippen molar-refractivity contribution in [1.82, 2.24) is 19.7 Å². The summed E-state index contributed by atoms with van der Waals surface area (Å²) in [6.07, 6.45) is 1.90. The first-order valence-electron chi connectivity index (χ1n) is 6.74. The number of anilines is 1. The van der Waals surface area contributed by atoms with Gasteiger partial charge in [0.15, 0.2) is 5.82 Å². The molecule has 100 valence electrons. The summed E-state index contributed by atoms with van der Waals surface area (Å²) in [6.45, 7) is 9.09. The average Bonchev–Trinajstić information content (AvgIpc) is 2.80. The van der Waals surface area contributed by atoms with E-state index in [2.05, 4.69) is 50.6 Å². The van der Waals surface area contributed by atoms with Crippen molar-refractivity contribution >= 4 is 5.82 Å². The molecular weight excluding hydrogens is 238 g/mol. The minimum atomic E-state index is 0.525. The summed E-state index contributed by atoms with van der Waals surface area (Å²) in [4.78, 5) is 6.77. The van der Waals surface area contributed by atoms with Gasteiger partial charge in [-0.2, -0.15) is 0 Å². The summed E-state index contributed by atoms with van der Waals surface area (Å²) >= 11 is 0. The standard InChI is InChI=1S/C14H19N5/c1-10(2)12-4-5-15-13(8-12)18-6-7-19-11(3)16-17-14(19)9-18/h4-5,8,10H,6-7,9H2,1-3H3. The van der Waals surface area contributed by atoms with Crippen LogP contribution >= 0.6 is 0 Å². The molecule has 0 fully saturated rings. The predicted octanol–water partition coefficient (Wildman–Crippen LogP) is 2.13. The largest absolute Gasteiger partial charge is 0.347 e. The van der Waals surface area contributed by atoms with Gasteiger partial charge in [-0.25, -0.2) is 4.98 Å². The van der Waals surface area contributed by atoms with Crippen LogP contribution in [0.2, 0.25) is 0 Å². The van der Waals surface area contributed by atoms with Crippen molar-refractivity contribution in [2.45, 2.75) is 39.8 Å². The van der Waals surface area contributed by atoms with Crippen molar-refractivity contribution in [2.24, 2.45) is 0 Å². The van der Waals surface area contributed by atoms with E-state index in [1.54, 1.807) is 0 Å². The number of aryl methyl sites for hydroxylation is 1. The molecule has 0 atom stereocenters. The van der Waals surface area contributed by atoms with Gasteiger partial charge in [0.25, 0.3) is 0 Å². The Bertz CT molecular complexity index is 587. The van der Waals surface area contributed by atoms with Gasteiger partial charge in [-0.05, 0) is 30.5 Å². The lowest BCUT2D eigenvalue weighted by Gasteiger charge is -2.29. The average molecular weight is 257 g/mol. The predicted molar refractivity (Wildman–Crippen MR) is 74.1 cm³/mol. The van der Waals surface area contributed by atoms with Crippen LogP contribution in [0.4, 0.5) is 5.82 Å². The van der Waals surface area contributed by atoms with Crippen LogP contribution in [-0.4, -0.2) is 26.3 Å². The maximum Gasteiger partial charge on any atom is 0.152 e. The molecule has 0 amide bonds. The van der Waals surface area contributed by atoms with Gasteiger partial charge in [0.05, 0.1) is 6.54 Å². The van der Waals surface area contributed by atoms with Crippen molar-refractivity contribution in [3.05, 3.63) is 35.5 Å². The third-order valence-corrected chi connectivity index (χ3v) is 3.70. The molecule has 3 rings (SSSR count). The third-order valence-electron chi connectivity index (χ3n) is 3.70. The van der Waals surface area contributed by atoms with Crippen LogP contribution in [0.25, 0.3) is 0 Å². The smallest absolute Gasteiger partial charge is 0.152 e. The van der Waals surface area contributed by atoms with E-state index in [0.29, 0.717) is 5.92 Å². The summed E-state index contributed by atoms with van der Waals surface area (Å²) < 4.78 is 2.18. The number of hydrogen-bond acceptors (Lipinski definition) is 4. The van der Waals surface area contributed by atoms with Crippen molar-refractivity contribution in [3.8, 4) is 0 Å². The highest BCUT2D eigenvalue weighted by atomic mass is 15.3. The van der Waals surface area contributed by atoms with E-state index in [1.165, 1.54) is 5.56 Å². The first kappa shape index (κ1) is 12.1. The minimum absolute atomic E-state index is 0.525. The molecule has 0 spiro atoms. The summed E-state index contributed by atoms with van der Waals surface area (Å²) in [5.74, 6) is 3.59. The zero-order chi connectivity index (χ0) is 13.4. The van der Waals surface area contributed by atoms with E-state index >= 15 is 0 Å². The van der Waals surface area contributed by atoms with E-state index in [4.69, 9.17) is 0 Å². The van der Waals surface area contributed by atoms with Gasteiger partial charge in [-0.15, -0.1) is 10.2 Å². The quantitative estimate of drug-likeness (QED) is 0.827. The maximum absolute atomic E-state index is 4.49. The fraction of sp³-hybridized carbons (Fsp3) is 0.500. The maximum atomic E-state index is 4.49. The van der Waals surface area contributed by atoms with Gasteiger partial charge in [-0.3, -0.25) is 0 Å². The SMILES string of the molecule is Cc1nnc2n1CCN(c1cc(C(C)C)ccn1)C2. The highest BCUT2D eigenvalue weighted by Gasteiger charge is 2.20. The Balaban J connectivity index is 1.86. The number of pyridine rings is 1. The Kier molecular flexibility index (Phi) is 2.97. The summed E-state index contributed by atoms with van der Waals surface area (Å²) in [5, 5.41) is 8.37. The molecule has 2 aromatic heterocycles. The fourth-order valence-corrected chi connectivity index (χ4v) is 2.46. The van der Waals surface area contributed by atoms with Gasteiger partial charge in [0.2, 0.25) is 0 Å². The van der Waals surface area contributed by atoms with Crippen LogP contribution < -0.4 is 4.90 Å². The van der Waals surface area contributed by atoms with Crippen LogP contribution in [0.5, 0.6) is 0 Å². The Morgan fingerprint density at radius 1 is 1.21 bits per heavy atom. The van der Waals surface area contributed by atoms with E-state index in [-0.39, 0.29) is 0 Å². The second-order valence-corrected chi connectivity index (χ2v) is 5.34. The monoisotopic (exact) mass is 257 g/mol. The third kappa shape index (κ3) is 2.20. The molecule has 0 saturated carbocycles. The Morgan fingerprint density at radius 3 is 2.84 bits per heavy atom. The molecule has 0 saturated heterocycles. The lowest BCUT2D eigenvalue weighted by Crippen LogP contribution is -2.34. The Morgan fingerprint density at radius 2 is 2.05 bits per heavy atom. The van der Waals surface area contributed by atoms with Gasteiger partial charge >= 0.3 is 0 Å². The molecule has 19 heavy (non-hydrogen) atoms. The van der Waals surface area contributed by atoms with Crippen LogP contribution in [-0.2, 0) is 13.1 Å². The number of nitrogens with zero attached hydrogens (tertiary/aromatic N) is 5. The second-order valence-electron chi connectivity index (χ2n) is 5.34. The van der Waals surface area contributed by atoms with Crippen LogP contribution in [0.1, 0.15) is 37.0 Å². The summed E-state index contributed by atoms with van der Waals surface area (Å²) in [5.41, 5.74) is 1.33. The molecule has 0 bridgehead atoms. The lowest BCUT2D eigenvalue weighted by atomic mass is 10.1. The van der Waals surface area contributed by atoms with E-state index in [9.17, 15) is 0 Å². The summed E-state index contributed by atoms with van der Waals surface area (Å²) in [6, 6.07) is 4.27. The number of aromatic nitrogens is 4. The number of hydrogen-bond donors (Lipinski definition) is 0. The van der Waals surface area contributed by atoms with Crippen molar-refractivity contribution < 1.29 is 0 Å². The zero-order valence-electron chi connectivity index (χ0n) is 11.7. The summed E-state index contributed by atoms with van der Waals surface area (Å²) in [7, 11) is 0. The van der Waals surface area contributed by atoms with Gasteiger partial charge in [-0.1, -0.05) is 13.8 Å². The zero-order valence-corrected chi connectivity index (χ0v) is 11.7. The van der Waals surface area contributed by atoms with Crippen molar-refractivity contribution in [3.63, 3.8) is 0 Å². The molecule has 0 N–H and O–H groups in total. The Labute approximate surface area is 113 Å². The van der Waals surface area contributed by atoms with Crippen LogP contribution in [0, 0.1) is 6.92 Å². The van der Waals surface area contributed by atoms with Crippen molar-refractivity contribution in [2.75, 3.05) is 11.4 Å². The molecule has 5 heteroatoms. The molecule has 0 unspecified atom stereocenters. The molecular formula is C14H19N5. The molecule has 0 aromatic carbocycles. The highest BCUT2D eigenvalue weighted by molar-refractivity contribution is 5.42. The van der Waals surface area contributed by atoms with Crippen molar-refractivity contribution in [1.29, 1.82) is 0 Å². The molecule has 1 aliphatic heterocycles. The van der Waals surface area contributed by atoms with Gasteiger partial charge in [0.1, 0.15) is 11.6 Å². The first-order chi connectivity index (χ1) is 9.15. The Hall–Kier alpha value is -1.91. The van der Waals surface area contributed by atoms with E-state index in [0.717, 1.165) is 37.1 Å². The molecule has 0 aliphatic carbocycles.